The molecule has 0 bridgehead atoms. The molecule has 7 rings (SSSR count). The summed E-state index contributed by atoms with van der Waals surface area (Å²) in [5, 5.41) is 0.914. The number of amides is 2. The molecule has 1 fully saturated rings. The van der Waals surface area contributed by atoms with Gasteiger partial charge in [-0.25, -0.2) is 14.8 Å². The Hall–Kier alpha value is -5.13. The van der Waals surface area contributed by atoms with Crippen LogP contribution in [0.1, 0.15) is 58.9 Å². The number of aromatic nitrogens is 6. The summed E-state index contributed by atoms with van der Waals surface area (Å²) >= 11 is 0. The molecule has 0 aliphatic carbocycles. The number of piperidine rings is 1. The lowest BCUT2D eigenvalue weighted by Gasteiger charge is -2.37. The Balaban J connectivity index is 1.30. The Morgan fingerprint density at radius 3 is 2.29 bits per heavy atom. The predicted octanol–water partition coefficient (Wildman–Crippen LogP) is 3.12. The van der Waals surface area contributed by atoms with Crippen LogP contribution >= 0.6 is 0 Å². The number of carbonyl (C=O) groups excluding carboxylic acids is 2. The van der Waals surface area contributed by atoms with Gasteiger partial charge in [0.25, 0.3) is 17.4 Å². The zero-order valence-electron chi connectivity index (χ0n) is 25.7. The van der Waals surface area contributed by atoms with Crippen LogP contribution in [-0.2, 0) is 20.1 Å². The SMILES string of the molecule is Cc1nc(Cn2c(=O)c3c(nc(N4CCC[C@@H](N5C(=O)c6ccccc6C5=O)C4)n3CC(C)C)n(C)c2=O)nc2ccccc12. The van der Waals surface area contributed by atoms with Gasteiger partial charge in [-0.1, -0.05) is 44.2 Å². The van der Waals surface area contributed by atoms with E-state index in [1.165, 1.54) is 14.0 Å². The second-order valence-electron chi connectivity index (χ2n) is 12.3. The molecule has 0 spiro atoms. The normalized spacial score (nSPS) is 16.9. The minimum Gasteiger partial charge on any atom is -0.340 e. The summed E-state index contributed by atoms with van der Waals surface area (Å²) in [6.07, 6.45) is 1.40. The van der Waals surface area contributed by atoms with Crippen LogP contribution < -0.4 is 16.1 Å². The maximum Gasteiger partial charge on any atom is 0.332 e. The number of para-hydroxylation sites is 1. The summed E-state index contributed by atoms with van der Waals surface area (Å²) in [6, 6.07) is 14.2. The standard InChI is InChI=1S/C33H34N8O4/c1-19(2)16-39-27-28(37(4)33(45)40(31(27)44)18-26-34-20(3)22-11-7-8-14-25(22)35-26)36-32(39)38-15-9-10-21(17-38)41-29(42)23-12-5-6-13-24(23)30(41)43/h5-8,11-14,19,21H,9-10,15-18H2,1-4H3/t21-/m1/s1. The van der Waals surface area contributed by atoms with E-state index in [1.54, 1.807) is 31.3 Å². The van der Waals surface area contributed by atoms with Gasteiger partial charge in [-0.15, -0.1) is 0 Å². The number of imide groups is 1. The Kier molecular flexibility index (Phi) is 6.87. The Morgan fingerprint density at radius 2 is 1.58 bits per heavy atom. The van der Waals surface area contributed by atoms with Crippen molar-refractivity contribution in [2.45, 2.75) is 52.7 Å². The van der Waals surface area contributed by atoms with Crippen molar-refractivity contribution >= 4 is 39.8 Å². The number of hydrogen-bond acceptors (Lipinski definition) is 8. The topological polar surface area (TPSA) is 128 Å². The van der Waals surface area contributed by atoms with Gasteiger partial charge in [0, 0.05) is 37.8 Å². The van der Waals surface area contributed by atoms with Gasteiger partial charge in [0.2, 0.25) is 5.95 Å². The molecule has 0 saturated carbocycles. The number of nitrogens with zero attached hydrogens (tertiary/aromatic N) is 8. The van der Waals surface area contributed by atoms with Crippen molar-refractivity contribution in [1.29, 1.82) is 0 Å². The number of aryl methyl sites for hydroxylation is 2. The van der Waals surface area contributed by atoms with E-state index in [-0.39, 0.29) is 36.0 Å². The minimum atomic E-state index is -0.509. The fourth-order valence-corrected chi connectivity index (χ4v) is 6.67. The molecule has 3 aromatic heterocycles. The van der Waals surface area contributed by atoms with Crippen molar-refractivity contribution < 1.29 is 9.59 Å². The monoisotopic (exact) mass is 606 g/mol. The number of hydrogen-bond donors (Lipinski definition) is 0. The second-order valence-corrected chi connectivity index (χ2v) is 12.3. The molecule has 2 amide bonds. The molecule has 0 unspecified atom stereocenters. The van der Waals surface area contributed by atoms with Gasteiger partial charge in [0.1, 0.15) is 5.82 Å². The van der Waals surface area contributed by atoms with Crippen molar-refractivity contribution in [2.75, 3.05) is 18.0 Å². The lowest BCUT2D eigenvalue weighted by Crippen LogP contribution is -2.50. The third kappa shape index (κ3) is 4.63. The Morgan fingerprint density at radius 1 is 0.889 bits per heavy atom. The molecule has 5 aromatic rings. The first-order valence-corrected chi connectivity index (χ1v) is 15.3. The van der Waals surface area contributed by atoms with Gasteiger partial charge in [0.15, 0.2) is 11.2 Å². The van der Waals surface area contributed by atoms with E-state index in [1.807, 2.05) is 40.7 Å². The van der Waals surface area contributed by atoms with Crippen LogP contribution in [-0.4, -0.2) is 64.5 Å². The maximum atomic E-state index is 14.2. The molecule has 2 aliphatic rings. The zero-order valence-corrected chi connectivity index (χ0v) is 25.7. The molecule has 5 heterocycles. The Labute approximate surface area is 258 Å². The average Bonchev–Trinajstić information content (AvgIpc) is 3.52. The number of rotatable bonds is 6. The molecule has 0 radical (unpaired) electrons. The van der Waals surface area contributed by atoms with Gasteiger partial charge in [-0.05, 0) is 43.9 Å². The van der Waals surface area contributed by atoms with Crippen molar-refractivity contribution in [2.24, 2.45) is 13.0 Å². The molecule has 2 aromatic carbocycles. The number of anilines is 1. The molecule has 45 heavy (non-hydrogen) atoms. The van der Waals surface area contributed by atoms with E-state index < -0.39 is 11.2 Å². The average molecular weight is 607 g/mol. The van der Waals surface area contributed by atoms with Crippen LogP contribution in [0, 0.1) is 12.8 Å². The van der Waals surface area contributed by atoms with E-state index in [9.17, 15) is 19.2 Å². The first kappa shape index (κ1) is 28.6. The fraction of sp³-hybridized carbons (Fsp3) is 0.364. The van der Waals surface area contributed by atoms with Gasteiger partial charge in [-0.3, -0.25) is 28.4 Å². The number of fused-ring (bicyclic) bond motifs is 3. The minimum absolute atomic E-state index is 0.0825. The lowest BCUT2D eigenvalue weighted by atomic mass is 10.0. The summed E-state index contributed by atoms with van der Waals surface area (Å²) in [7, 11) is 1.61. The molecular weight excluding hydrogens is 572 g/mol. The smallest absolute Gasteiger partial charge is 0.332 e. The van der Waals surface area contributed by atoms with Gasteiger partial charge in [-0.2, -0.15) is 4.98 Å². The zero-order chi connectivity index (χ0) is 31.6. The van der Waals surface area contributed by atoms with E-state index in [0.29, 0.717) is 54.5 Å². The molecule has 0 N–H and O–H groups in total. The quantitative estimate of drug-likeness (QED) is 0.270. The highest BCUT2D eigenvalue weighted by atomic mass is 16.2. The van der Waals surface area contributed by atoms with Crippen molar-refractivity contribution in [3.05, 3.63) is 92.0 Å². The summed E-state index contributed by atoms with van der Waals surface area (Å²) in [5.41, 5.74) is 2.00. The van der Waals surface area contributed by atoms with Crippen LogP contribution in [0.25, 0.3) is 22.1 Å². The van der Waals surface area contributed by atoms with Gasteiger partial charge < -0.3 is 9.47 Å². The maximum absolute atomic E-state index is 14.2. The van der Waals surface area contributed by atoms with Crippen LogP contribution in [0.4, 0.5) is 5.95 Å². The molecular formula is C33H34N8O4. The summed E-state index contributed by atoms with van der Waals surface area (Å²) in [4.78, 5) is 71.8. The van der Waals surface area contributed by atoms with E-state index in [0.717, 1.165) is 23.0 Å². The molecule has 2 aliphatic heterocycles. The summed E-state index contributed by atoms with van der Waals surface area (Å²) in [5.74, 6) is 0.515. The second kappa shape index (κ2) is 10.8. The number of carbonyl (C=O) groups is 2. The van der Waals surface area contributed by atoms with Crippen molar-refractivity contribution in [3.8, 4) is 0 Å². The highest BCUT2D eigenvalue weighted by Crippen LogP contribution is 2.31. The first-order chi connectivity index (χ1) is 21.6. The third-order valence-electron chi connectivity index (χ3n) is 8.77. The van der Waals surface area contributed by atoms with Gasteiger partial charge in [0.05, 0.1) is 29.2 Å². The van der Waals surface area contributed by atoms with Crippen LogP contribution in [0.3, 0.4) is 0 Å². The van der Waals surface area contributed by atoms with Crippen LogP contribution in [0.5, 0.6) is 0 Å². The summed E-state index contributed by atoms with van der Waals surface area (Å²) < 4.78 is 4.46. The van der Waals surface area contributed by atoms with Crippen LogP contribution in [0.2, 0.25) is 0 Å². The Bertz CT molecular complexity index is 2110. The van der Waals surface area contributed by atoms with E-state index >= 15 is 0 Å². The largest absolute Gasteiger partial charge is 0.340 e. The van der Waals surface area contributed by atoms with Crippen molar-refractivity contribution in [3.63, 3.8) is 0 Å². The predicted molar refractivity (Wildman–Crippen MR) is 170 cm³/mol. The summed E-state index contributed by atoms with van der Waals surface area (Å²) in [6.45, 7) is 7.40. The molecule has 12 nitrogen and oxygen atoms in total. The van der Waals surface area contributed by atoms with Crippen molar-refractivity contribution in [1.82, 2.24) is 33.6 Å². The third-order valence-corrected chi connectivity index (χ3v) is 8.77. The van der Waals surface area contributed by atoms with Crippen LogP contribution in [0.15, 0.2) is 58.1 Å². The highest BCUT2D eigenvalue weighted by Gasteiger charge is 2.41. The molecule has 1 atom stereocenters. The fourth-order valence-electron chi connectivity index (χ4n) is 6.67. The lowest BCUT2D eigenvalue weighted by molar-refractivity contribution is 0.0569. The first-order valence-electron chi connectivity index (χ1n) is 15.3. The molecule has 12 heteroatoms. The van der Waals surface area contributed by atoms with Gasteiger partial charge >= 0.3 is 5.69 Å². The molecule has 230 valence electrons. The number of benzene rings is 2. The van der Waals surface area contributed by atoms with E-state index in [2.05, 4.69) is 23.8 Å². The van der Waals surface area contributed by atoms with E-state index in [4.69, 9.17) is 4.98 Å². The molecule has 1 saturated heterocycles. The number of imidazole rings is 1. The highest BCUT2D eigenvalue weighted by molar-refractivity contribution is 6.21.